The molecule has 5 heteroatoms. The number of halogens is 1. The monoisotopic (exact) mass is 311 g/mol. The first-order valence-electron chi connectivity index (χ1n) is 4.92. The molecule has 2 aromatic carbocycles. The van der Waals surface area contributed by atoms with Crippen LogP contribution in [0.4, 0.5) is 5.69 Å². The average molecular weight is 312 g/mol. The summed E-state index contributed by atoms with van der Waals surface area (Å²) in [6.07, 6.45) is 0. The summed E-state index contributed by atoms with van der Waals surface area (Å²) in [6, 6.07) is 15.5. The van der Waals surface area contributed by atoms with Gasteiger partial charge in [0.25, 0.3) is 10.0 Å². The molecule has 0 radical (unpaired) electrons. The molecule has 0 saturated carbocycles. The average Bonchev–Trinajstić information content (AvgIpc) is 2.30. The minimum absolute atomic E-state index is 0.226. The lowest BCUT2D eigenvalue weighted by molar-refractivity contribution is 0.601. The number of rotatable bonds is 3. The van der Waals surface area contributed by atoms with E-state index in [1.165, 1.54) is 0 Å². The number of nitrogens with one attached hydrogen (secondary N) is 1. The molecule has 2 aromatic rings. The quantitative estimate of drug-likeness (QED) is 0.945. The molecule has 0 saturated heterocycles. The van der Waals surface area contributed by atoms with Crippen molar-refractivity contribution >= 4 is 31.6 Å². The second-order valence-electron chi connectivity index (χ2n) is 3.40. The van der Waals surface area contributed by atoms with E-state index in [4.69, 9.17) is 0 Å². The summed E-state index contributed by atoms with van der Waals surface area (Å²) in [5, 5.41) is 0. The summed E-state index contributed by atoms with van der Waals surface area (Å²) in [5.74, 6) is 0. The van der Waals surface area contributed by atoms with E-state index >= 15 is 0 Å². The van der Waals surface area contributed by atoms with Gasteiger partial charge < -0.3 is 0 Å². The van der Waals surface area contributed by atoms with E-state index in [1.807, 2.05) is 6.07 Å². The highest BCUT2D eigenvalue weighted by molar-refractivity contribution is 9.10. The molecule has 0 unspecified atom stereocenters. The van der Waals surface area contributed by atoms with Crippen LogP contribution in [0.15, 0.2) is 64.0 Å². The van der Waals surface area contributed by atoms with Crippen molar-refractivity contribution in [1.82, 2.24) is 0 Å². The van der Waals surface area contributed by atoms with Gasteiger partial charge in [0.2, 0.25) is 0 Å². The molecule has 0 aromatic heterocycles. The lowest BCUT2D eigenvalue weighted by Gasteiger charge is -2.09. The third kappa shape index (κ3) is 2.87. The van der Waals surface area contributed by atoms with E-state index in [1.54, 1.807) is 48.5 Å². The first-order valence-corrected chi connectivity index (χ1v) is 7.19. The Hall–Kier alpha value is -1.33. The summed E-state index contributed by atoms with van der Waals surface area (Å²) < 4.78 is 27.2. The summed E-state index contributed by atoms with van der Waals surface area (Å²) in [4.78, 5) is 0.226. The standard InChI is InChI=1S/C12H10BrNO2S/c13-11-8-4-5-9-12(11)17(15,16)14-10-6-2-1-3-7-10/h1-9,14H. The van der Waals surface area contributed by atoms with Crippen molar-refractivity contribution in [3.8, 4) is 0 Å². The summed E-state index contributed by atoms with van der Waals surface area (Å²) in [6.45, 7) is 0. The highest BCUT2D eigenvalue weighted by Gasteiger charge is 2.16. The first-order chi connectivity index (χ1) is 8.09. The first kappa shape index (κ1) is 12.1. The molecule has 0 amide bonds. The number of sulfonamides is 1. The molecule has 0 bridgehead atoms. The van der Waals surface area contributed by atoms with Gasteiger partial charge in [-0.3, -0.25) is 4.72 Å². The van der Waals surface area contributed by atoms with Gasteiger partial charge in [0.05, 0.1) is 0 Å². The molecule has 0 aliphatic heterocycles. The maximum atomic E-state index is 12.1. The Kier molecular flexibility index (Phi) is 3.49. The molecule has 17 heavy (non-hydrogen) atoms. The van der Waals surface area contributed by atoms with Crippen molar-refractivity contribution < 1.29 is 8.42 Å². The minimum atomic E-state index is -3.54. The molecular weight excluding hydrogens is 302 g/mol. The van der Waals surface area contributed by atoms with Crippen LogP contribution in [0, 0.1) is 0 Å². The van der Waals surface area contributed by atoms with E-state index in [0.717, 1.165) is 0 Å². The van der Waals surface area contributed by atoms with Crippen molar-refractivity contribution in [2.45, 2.75) is 4.90 Å². The van der Waals surface area contributed by atoms with Crippen LogP contribution in [0.25, 0.3) is 0 Å². The Morgan fingerprint density at radius 2 is 1.47 bits per heavy atom. The van der Waals surface area contributed by atoms with Gasteiger partial charge in [-0.25, -0.2) is 8.42 Å². The number of hydrogen-bond acceptors (Lipinski definition) is 2. The topological polar surface area (TPSA) is 46.2 Å². The van der Waals surface area contributed by atoms with Gasteiger partial charge in [0.1, 0.15) is 4.90 Å². The Morgan fingerprint density at radius 3 is 2.12 bits per heavy atom. The summed E-state index contributed by atoms with van der Waals surface area (Å²) >= 11 is 3.23. The zero-order valence-corrected chi connectivity index (χ0v) is 11.2. The highest BCUT2D eigenvalue weighted by atomic mass is 79.9. The fourth-order valence-electron chi connectivity index (χ4n) is 1.38. The van der Waals surface area contributed by atoms with Crippen LogP contribution in [0.3, 0.4) is 0 Å². The lowest BCUT2D eigenvalue weighted by atomic mass is 10.3. The predicted molar refractivity (Wildman–Crippen MR) is 71.4 cm³/mol. The van der Waals surface area contributed by atoms with Gasteiger partial charge in [0, 0.05) is 10.2 Å². The van der Waals surface area contributed by atoms with Crippen molar-refractivity contribution in [2.24, 2.45) is 0 Å². The predicted octanol–water partition coefficient (Wildman–Crippen LogP) is 3.25. The van der Waals surface area contributed by atoms with Crippen molar-refractivity contribution in [3.05, 3.63) is 59.1 Å². The normalized spacial score (nSPS) is 11.1. The van der Waals surface area contributed by atoms with Crippen LogP contribution in [0.2, 0.25) is 0 Å². The molecule has 3 nitrogen and oxygen atoms in total. The zero-order valence-electron chi connectivity index (χ0n) is 8.80. The highest BCUT2D eigenvalue weighted by Crippen LogP contribution is 2.23. The van der Waals surface area contributed by atoms with Gasteiger partial charge in [-0.05, 0) is 40.2 Å². The molecule has 0 aliphatic rings. The number of para-hydroxylation sites is 1. The molecule has 0 atom stereocenters. The summed E-state index contributed by atoms with van der Waals surface area (Å²) in [7, 11) is -3.54. The Labute approximate surface area is 109 Å². The second kappa shape index (κ2) is 4.89. The molecule has 2 rings (SSSR count). The van der Waals surface area contributed by atoms with Crippen LogP contribution in [-0.4, -0.2) is 8.42 Å². The van der Waals surface area contributed by atoms with E-state index in [2.05, 4.69) is 20.7 Å². The Bertz CT molecular complexity index is 611. The van der Waals surface area contributed by atoms with Gasteiger partial charge >= 0.3 is 0 Å². The fourth-order valence-corrected chi connectivity index (χ4v) is 3.44. The molecular formula is C12H10BrNO2S. The van der Waals surface area contributed by atoms with Gasteiger partial charge in [0.15, 0.2) is 0 Å². The Balaban J connectivity index is 2.36. The van der Waals surface area contributed by atoms with E-state index in [9.17, 15) is 8.42 Å². The molecule has 1 N–H and O–H groups in total. The number of anilines is 1. The minimum Gasteiger partial charge on any atom is -0.280 e. The molecule has 0 spiro atoms. The lowest BCUT2D eigenvalue weighted by Crippen LogP contribution is -2.13. The SMILES string of the molecule is O=S(=O)(Nc1ccccc1)c1ccccc1Br. The third-order valence-corrected chi connectivity index (χ3v) is 4.55. The maximum absolute atomic E-state index is 12.1. The van der Waals surface area contributed by atoms with E-state index < -0.39 is 10.0 Å². The fraction of sp³-hybridized carbons (Fsp3) is 0. The number of benzene rings is 2. The number of hydrogen-bond donors (Lipinski definition) is 1. The van der Waals surface area contributed by atoms with Crippen LogP contribution in [0.5, 0.6) is 0 Å². The van der Waals surface area contributed by atoms with E-state index in [-0.39, 0.29) is 4.90 Å². The van der Waals surface area contributed by atoms with Gasteiger partial charge in [-0.15, -0.1) is 0 Å². The van der Waals surface area contributed by atoms with Crippen LogP contribution in [0.1, 0.15) is 0 Å². The molecule has 0 fully saturated rings. The Morgan fingerprint density at radius 1 is 0.882 bits per heavy atom. The van der Waals surface area contributed by atoms with Crippen LogP contribution < -0.4 is 4.72 Å². The molecule has 0 aliphatic carbocycles. The molecule has 88 valence electrons. The second-order valence-corrected chi connectivity index (χ2v) is 5.91. The van der Waals surface area contributed by atoms with Crippen molar-refractivity contribution in [1.29, 1.82) is 0 Å². The van der Waals surface area contributed by atoms with Crippen molar-refractivity contribution in [3.63, 3.8) is 0 Å². The van der Waals surface area contributed by atoms with Crippen LogP contribution in [-0.2, 0) is 10.0 Å². The van der Waals surface area contributed by atoms with Crippen LogP contribution >= 0.6 is 15.9 Å². The maximum Gasteiger partial charge on any atom is 0.263 e. The smallest absolute Gasteiger partial charge is 0.263 e. The summed E-state index contributed by atoms with van der Waals surface area (Å²) in [5.41, 5.74) is 0.545. The zero-order chi connectivity index (χ0) is 12.3. The van der Waals surface area contributed by atoms with Gasteiger partial charge in [-0.2, -0.15) is 0 Å². The largest absolute Gasteiger partial charge is 0.280 e. The van der Waals surface area contributed by atoms with E-state index in [0.29, 0.717) is 10.2 Å². The van der Waals surface area contributed by atoms with Gasteiger partial charge in [-0.1, -0.05) is 30.3 Å². The third-order valence-electron chi connectivity index (χ3n) is 2.15. The van der Waals surface area contributed by atoms with Crippen molar-refractivity contribution in [2.75, 3.05) is 4.72 Å². The molecule has 0 heterocycles.